The van der Waals surface area contributed by atoms with E-state index in [2.05, 4.69) is 16.8 Å². The van der Waals surface area contributed by atoms with Gasteiger partial charge in [0, 0.05) is 25.2 Å². The Morgan fingerprint density at radius 3 is 2.73 bits per heavy atom. The molecule has 0 saturated carbocycles. The second kappa shape index (κ2) is 7.99. The van der Waals surface area contributed by atoms with Crippen LogP contribution in [0, 0.1) is 0 Å². The summed E-state index contributed by atoms with van der Waals surface area (Å²) in [4.78, 5) is 21.3. The Morgan fingerprint density at radius 2 is 2.05 bits per heavy atom. The number of halogens is 2. The molecule has 2 N–H and O–H groups in total. The van der Waals surface area contributed by atoms with Crippen molar-refractivity contribution < 1.29 is 4.79 Å². The molecule has 2 unspecified atom stereocenters. The number of nitrogen functional groups attached to an aromatic ring is 1. The monoisotopic (exact) mass is 346 g/mol. The quantitative estimate of drug-likeness (QED) is 0.846. The third-order valence-electron chi connectivity index (χ3n) is 4.45. The predicted molar refractivity (Wildman–Crippen MR) is 92.9 cm³/mol. The maximum Gasteiger partial charge on any atom is 0.272 e. The molecule has 2 atom stereocenters. The molecule has 3 heterocycles. The first-order valence-corrected chi connectivity index (χ1v) is 7.41. The van der Waals surface area contributed by atoms with Crippen molar-refractivity contribution in [2.75, 3.05) is 25.4 Å². The van der Waals surface area contributed by atoms with Gasteiger partial charge in [-0.25, -0.2) is 4.98 Å². The molecular formula is C15H24Cl2N4O. The summed E-state index contributed by atoms with van der Waals surface area (Å²) in [6, 6.07) is 4.23. The van der Waals surface area contributed by atoms with Crippen LogP contribution in [0.25, 0.3) is 0 Å². The number of nitrogens with two attached hydrogens (primary N) is 1. The molecule has 0 aliphatic carbocycles. The van der Waals surface area contributed by atoms with Gasteiger partial charge >= 0.3 is 0 Å². The van der Waals surface area contributed by atoms with Gasteiger partial charge in [-0.2, -0.15) is 0 Å². The maximum absolute atomic E-state index is 12.6. The molecule has 0 spiro atoms. The van der Waals surface area contributed by atoms with E-state index in [4.69, 9.17) is 5.73 Å². The van der Waals surface area contributed by atoms with E-state index in [9.17, 15) is 4.79 Å². The zero-order valence-corrected chi connectivity index (χ0v) is 14.4. The lowest BCUT2D eigenvalue weighted by Gasteiger charge is -2.47. The fourth-order valence-corrected chi connectivity index (χ4v) is 3.31. The van der Waals surface area contributed by atoms with E-state index >= 15 is 0 Å². The molecule has 2 aliphatic rings. The summed E-state index contributed by atoms with van der Waals surface area (Å²) >= 11 is 0. The number of pyridine rings is 1. The van der Waals surface area contributed by atoms with E-state index in [1.54, 1.807) is 18.3 Å². The van der Waals surface area contributed by atoms with Crippen molar-refractivity contribution in [1.29, 1.82) is 0 Å². The smallest absolute Gasteiger partial charge is 0.272 e. The highest BCUT2D eigenvalue weighted by Crippen LogP contribution is 2.25. The number of anilines is 1. The van der Waals surface area contributed by atoms with Crippen molar-refractivity contribution >= 4 is 36.4 Å². The van der Waals surface area contributed by atoms with Gasteiger partial charge in [0.2, 0.25) is 0 Å². The zero-order chi connectivity index (χ0) is 14.1. The average molecular weight is 347 g/mol. The van der Waals surface area contributed by atoms with Crippen LogP contribution in [0.15, 0.2) is 18.3 Å². The Hall–Kier alpha value is -1.04. The third kappa shape index (κ3) is 3.83. The fourth-order valence-electron chi connectivity index (χ4n) is 3.31. The van der Waals surface area contributed by atoms with Gasteiger partial charge in [-0.1, -0.05) is 6.42 Å². The first-order chi connectivity index (χ1) is 9.65. The summed E-state index contributed by atoms with van der Waals surface area (Å²) in [5, 5.41) is 0. The predicted octanol–water partition coefficient (Wildman–Crippen LogP) is 2.21. The first-order valence-electron chi connectivity index (χ1n) is 7.41. The normalized spacial score (nSPS) is 24.7. The second-order valence-electron chi connectivity index (χ2n) is 5.93. The van der Waals surface area contributed by atoms with E-state index in [1.165, 1.54) is 25.8 Å². The molecule has 2 aliphatic heterocycles. The van der Waals surface area contributed by atoms with Gasteiger partial charge in [-0.3, -0.25) is 9.69 Å². The number of aromatic nitrogens is 1. The molecule has 7 heteroatoms. The molecule has 0 aromatic carbocycles. The van der Waals surface area contributed by atoms with Crippen molar-refractivity contribution in [3.05, 3.63) is 24.0 Å². The molecule has 1 amide bonds. The summed E-state index contributed by atoms with van der Waals surface area (Å²) in [6.07, 6.45) is 5.31. The first kappa shape index (κ1) is 19.0. The number of hydrogen-bond donors (Lipinski definition) is 1. The Morgan fingerprint density at radius 1 is 1.27 bits per heavy atom. The van der Waals surface area contributed by atoms with Crippen LogP contribution in [0.3, 0.4) is 0 Å². The molecular weight excluding hydrogens is 323 g/mol. The second-order valence-corrected chi connectivity index (χ2v) is 5.93. The van der Waals surface area contributed by atoms with Gasteiger partial charge in [0.15, 0.2) is 0 Å². The highest BCUT2D eigenvalue weighted by atomic mass is 35.5. The van der Waals surface area contributed by atoms with Gasteiger partial charge in [0.1, 0.15) is 5.69 Å². The van der Waals surface area contributed by atoms with Crippen LogP contribution >= 0.6 is 24.8 Å². The van der Waals surface area contributed by atoms with Crippen LogP contribution in [-0.2, 0) is 0 Å². The van der Waals surface area contributed by atoms with E-state index in [0.29, 0.717) is 17.4 Å². The SMILES string of the molecule is CC1CN2CCCCC2CN1C(=O)c1ccc(N)cn1.Cl.Cl. The third-order valence-corrected chi connectivity index (χ3v) is 4.45. The lowest BCUT2D eigenvalue weighted by molar-refractivity contribution is 0.0148. The number of carbonyl (C=O) groups excluding carboxylic acids is 1. The summed E-state index contributed by atoms with van der Waals surface area (Å²) in [7, 11) is 0. The van der Waals surface area contributed by atoms with Crippen molar-refractivity contribution in [3.8, 4) is 0 Å². The minimum Gasteiger partial charge on any atom is -0.397 e. The average Bonchev–Trinajstić information content (AvgIpc) is 2.46. The highest BCUT2D eigenvalue weighted by Gasteiger charge is 2.35. The number of piperidine rings is 1. The Kier molecular flexibility index (Phi) is 6.91. The lowest BCUT2D eigenvalue weighted by Crippen LogP contribution is -2.60. The largest absolute Gasteiger partial charge is 0.397 e. The lowest BCUT2D eigenvalue weighted by atomic mass is 9.97. The van der Waals surface area contributed by atoms with Crippen LogP contribution in [0.5, 0.6) is 0 Å². The number of rotatable bonds is 1. The zero-order valence-electron chi connectivity index (χ0n) is 12.8. The molecule has 124 valence electrons. The summed E-state index contributed by atoms with van der Waals surface area (Å²) in [5.74, 6) is 0.0303. The number of hydrogen-bond acceptors (Lipinski definition) is 4. The molecule has 0 radical (unpaired) electrons. The summed E-state index contributed by atoms with van der Waals surface area (Å²) in [6.45, 7) is 5.11. The summed E-state index contributed by atoms with van der Waals surface area (Å²) < 4.78 is 0. The van der Waals surface area contributed by atoms with Crippen LogP contribution in [-0.4, -0.2) is 52.4 Å². The summed E-state index contributed by atoms with van der Waals surface area (Å²) in [5.41, 5.74) is 6.71. The molecule has 3 rings (SSSR count). The van der Waals surface area contributed by atoms with Gasteiger partial charge in [-0.15, -0.1) is 24.8 Å². The Labute approximate surface area is 144 Å². The molecule has 2 saturated heterocycles. The molecule has 1 aromatic rings. The van der Waals surface area contributed by atoms with Crippen LogP contribution < -0.4 is 5.73 Å². The molecule has 5 nitrogen and oxygen atoms in total. The molecule has 0 bridgehead atoms. The number of carbonyl (C=O) groups is 1. The van der Waals surface area contributed by atoms with Crippen molar-refractivity contribution in [2.45, 2.75) is 38.3 Å². The fraction of sp³-hybridized carbons (Fsp3) is 0.600. The van der Waals surface area contributed by atoms with E-state index < -0.39 is 0 Å². The topological polar surface area (TPSA) is 62.5 Å². The van der Waals surface area contributed by atoms with Crippen LogP contribution in [0.4, 0.5) is 5.69 Å². The van der Waals surface area contributed by atoms with Crippen molar-refractivity contribution in [3.63, 3.8) is 0 Å². The number of amides is 1. The standard InChI is InChI=1S/C15H22N4O.2ClH/c1-11-9-18-7-3-2-4-13(18)10-19(11)15(20)14-6-5-12(16)8-17-14;;/h5-6,8,11,13H,2-4,7,9-10,16H2,1H3;2*1H. The molecule has 1 aromatic heterocycles. The molecule has 2 fully saturated rings. The Bertz CT molecular complexity index is 497. The van der Waals surface area contributed by atoms with Gasteiger partial charge in [-0.05, 0) is 38.4 Å². The maximum atomic E-state index is 12.6. The minimum absolute atomic E-state index is 0. The van der Waals surface area contributed by atoms with Gasteiger partial charge < -0.3 is 10.6 Å². The minimum atomic E-state index is 0. The number of piperazine rings is 1. The van der Waals surface area contributed by atoms with E-state index in [-0.39, 0.29) is 36.8 Å². The number of fused-ring (bicyclic) bond motifs is 1. The molecule has 22 heavy (non-hydrogen) atoms. The highest BCUT2D eigenvalue weighted by molar-refractivity contribution is 5.92. The van der Waals surface area contributed by atoms with Crippen molar-refractivity contribution in [1.82, 2.24) is 14.8 Å². The van der Waals surface area contributed by atoms with Gasteiger partial charge in [0.25, 0.3) is 5.91 Å². The van der Waals surface area contributed by atoms with Gasteiger partial charge in [0.05, 0.1) is 11.9 Å². The van der Waals surface area contributed by atoms with Crippen LogP contribution in [0.1, 0.15) is 36.7 Å². The Balaban J connectivity index is 0.00000121. The van der Waals surface area contributed by atoms with Crippen LogP contribution in [0.2, 0.25) is 0 Å². The number of nitrogens with zero attached hydrogens (tertiary/aromatic N) is 3. The van der Waals surface area contributed by atoms with Crippen molar-refractivity contribution in [2.24, 2.45) is 0 Å². The van der Waals surface area contributed by atoms with E-state index in [0.717, 1.165) is 13.1 Å². The van der Waals surface area contributed by atoms with E-state index in [1.807, 2.05) is 4.90 Å².